The molecule has 1 N–H and O–H groups in total. The van der Waals surface area contributed by atoms with Gasteiger partial charge in [0.25, 0.3) is 0 Å². The van der Waals surface area contributed by atoms with Gasteiger partial charge in [0, 0.05) is 0 Å². The number of allylic oxidation sites excluding steroid dienone is 4. The van der Waals surface area contributed by atoms with E-state index in [4.69, 9.17) is 5.73 Å². The number of rotatable bonds is 4. The van der Waals surface area contributed by atoms with Crippen LogP contribution in [0.15, 0.2) is 42.5 Å². The van der Waals surface area contributed by atoms with Crippen LogP contribution in [0.25, 0.3) is 11.3 Å². The van der Waals surface area contributed by atoms with E-state index in [2.05, 4.69) is 63.3 Å². The van der Waals surface area contributed by atoms with Gasteiger partial charge < -0.3 is 5.73 Å². The van der Waals surface area contributed by atoms with Gasteiger partial charge in [0.15, 0.2) is 0 Å². The summed E-state index contributed by atoms with van der Waals surface area (Å²) in [5.41, 5.74) is 10.8. The van der Waals surface area contributed by atoms with E-state index in [0.717, 1.165) is 19.3 Å². The zero-order valence-corrected chi connectivity index (χ0v) is 16.9. The summed E-state index contributed by atoms with van der Waals surface area (Å²) in [5.74, 6) is 1.38. The van der Waals surface area contributed by atoms with Crippen LogP contribution in [0.4, 0.5) is 0 Å². The first-order valence-electron chi connectivity index (χ1n) is 7.11. The van der Waals surface area contributed by atoms with E-state index >= 15 is 0 Å². The Morgan fingerprint density at radius 3 is 2.18 bits per heavy atom. The van der Waals surface area contributed by atoms with Crippen molar-refractivity contribution in [2.45, 2.75) is 40.0 Å². The largest absolute Gasteiger partial charge is 2.00 e. The molecule has 4 heteroatoms. The van der Waals surface area contributed by atoms with Crippen molar-refractivity contribution in [1.29, 1.82) is 0 Å². The van der Waals surface area contributed by atoms with Crippen molar-refractivity contribution in [3.05, 3.63) is 65.3 Å². The maximum Gasteiger partial charge on any atom is 2.00 e. The van der Waals surface area contributed by atoms with Crippen LogP contribution in [0.5, 0.6) is 0 Å². The summed E-state index contributed by atoms with van der Waals surface area (Å²) in [7, 11) is 0. The maximum absolute atomic E-state index is 6.60. The van der Waals surface area contributed by atoms with Gasteiger partial charge in [-0.15, -0.1) is 42.5 Å². The first-order valence-corrected chi connectivity index (χ1v) is 7.11. The van der Waals surface area contributed by atoms with Crippen molar-refractivity contribution < 1.29 is 21.7 Å². The van der Waals surface area contributed by atoms with Crippen LogP contribution in [0, 0.1) is 5.92 Å². The monoisotopic (exact) mass is 375 g/mol. The summed E-state index contributed by atoms with van der Waals surface area (Å²) in [6, 6.07) is 8.63. The Morgan fingerprint density at radius 1 is 1.14 bits per heavy atom. The summed E-state index contributed by atoms with van der Waals surface area (Å²) in [6.07, 6.45) is 9.84. The van der Waals surface area contributed by atoms with Crippen molar-refractivity contribution >= 4 is 30.4 Å². The van der Waals surface area contributed by atoms with Crippen molar-refractivity contribution in [1.82, 2.24) is 0 Å². The molecular weight excluding hydrogens is 349 g/mol. The Bertz CT molecular complexity index is 440. The third kappa shape index (κ3) is 9.07. The number of benzene rings is 1. The third-order valence-electron chi connectivity index (χ3n) is 3.11. The molecule has 0 saturated heterocycles. The van der Waals surface area contributed by atoms with Gasteiger partial charge in [0.2, 0.25) is 0 Å². The summed E-state index contributed by atoms with van der Waals surface area (Å²) in [5, 5.41) is 0. The predicted molar refractivity (Wildman–Crippen MR) is 100 cm³/mol. The predicted octanol–water partition coefficient (Wildman–Crippen LogP) is 6.67. The van der Waals surface area contributed by atoms with Gasteiger partial charge >= 0.3 is 21.7 Å². The van der Waals surface area contributed by atoms with E-state index in [1.165, 1.54) is 22.6 Å². The van der Waals surface area contributed by atoms with Crippen molar-refractivity contribution in [2.75, 3.05) is 6.54 Å². The molecule has 1 aromatic carbocycles. The molecule has 0 amide bonds. The third-order valence-corrected chi connectivity index (χ3v) is 3.11. The van der Waals surface area contributed by atoms with E-state index in [9.17, 15) is 0 Å². The Hall–Kier alpha value is -0.176. The number of hydrogen-bond donors (Lipinski definition) is 0. The molecule has 1 nitrogen and oxygen atoms in total. The molecule has 0 aliphatic heterocycles. The van der Waals surface area contributed by atoms with Gasteiger partial charge in [-0.1, -0.05) is 63.5 Å². The van der Waals surface area contributed by atoms with Crippen LogP contribution in [0.2, 0.25) is 0 Å². The molecule has 0 spiro atoms. The van der Waals surface area contributed by atoms with Crippen molar-refractivity contribution in [3.8, 4) is 0 Å². The van der Waals surface area contributed by atoms with Crippen LogP contribution in [-0.2, 0) is 21.7 Å². The van der Waals surface area contributed by atoms with Gasteiger partial charge in [-0.25, -0.2) is 0 Å². The van der Waals surface area contributed by atoms with Gasteiger partial charge in [0.1, 0.15) is 0 Å². The average Bonchev–Trinajstić information content (AvgIpc) is 2.94. The molecule has 0 saturated carbocycles. The smallest absolute Gasteiger partial charge is 0.677 e. The number of unbranched alkanes of at least 4 members (excludes halogenated alkanes) is 1. The minimum absolute atomic E-state index is 0. The Balaban J connectivity index is -0.000000401. The second-order valence-corrected chi connectivity index (χ2v) is 4.97. The molecule has 122 valence electrons. The molecule has 0 aromatic heterocycles. The molecule has 0 fully saturated rings. The van der Waals surface area contributed by atoms with Crippen LogP contribution < -0.4 is 0 Å². The minimum atomic E-state index is 0. The summed E-state index contributed by atoms with van der Waals surface area (Å²) in [4.78, 5) is 0. The molecule has 1 aliphatic rings. The Morgan fingerprint density at radius 2 is 1.77 bits per heavy atom. The van der Waals surface area contributed by atoms with E-state index in [1.807, 2.05) is 0 Å². The molecule has 0 bridgehead atoms. The molecule has 0 unspecified atom stereocenters. The fraction of sp³-hybridized carbons (Fsp3) is 0.389. The standard InChI is InChI=1S/C14H15.C4H10N.2ClH.Ti/c1-11(2)13-9-5-6-10-14(13)12-7-3-4-8-12;1-2-3-4-5;;;/h3-7,9-10H,8H2,1-2H3;5H,2-4H2,1H3;2*1H;/q2*-1;;;+2. The van der Waals surface area contributed by atoms with Crippen LogP contribution in [-0.4, -0.2) is 6.54 Å². The van der Waals surface area contributed by atoms with E-state index in [1.54, 1.807) is 0 Å². The van der Waals surface area contributed by atoms with Crippen LogP contribution in [0.1, 0.15) is 51.2 Å². The fourth-order valence-electron chi connectivity index (χ4n) is 2.02. The first kappa shape index (κ1) is 26.7. The van der Waals surface area contributed by atoms with E-state index in [-0.39, 0.29) is 46.5 Å². The van der Waals surface area contributed by atoms with Gasteiger partial charge in [-0.3, -0.25) is 0 Å². The zero-order chi connectivity index (χ0) is 14.1. The average molecular weight is 376 g/mol. The second-order valence-electron chi connectivity index (χ2n) is 4.97. The molecule has 1 aliphatic carbocycles. The number of nitrogens with one attached hydrogen (secondary N) is 1. The van der Waals surface area contributed by atoms with Crippen molar-refractivity contribution in [2.24, 2.45) is 0 Å². The van der Waals surface area contributed by atoms with Gasteiger partial charge in [-0.2, -0.15) is 24.1 Å². The Kier molecular flexibility index (Phi) is 19.1. The number of hydrogen-bond acceptors (Lipinski definition) is 0. The van der Waals surface area contributed by atoms with Crippen molar-refractivity contribution in [3.63, 3.8) is 0 Å². The SMILES string of the molecule is CCCC[NH-].C[C-](C)c1ccccc1C1=CC=CC1.Cl.Cl.[Ti+2]. The molecule has 0 radical (unpaired) electrons. The molecular formula is C18H27Cl2NTi. The molecule has 0 heterocycles. The molecule has 0 atom stereocenters. The maximum atomic E-state index is 6.60. The topological polar surface area (TPSA) is 23.8 Å². The van der Waals surface area contributed by atoms with Gasteiger partial charge in [0.05, 0.1) is 0 Å². The van der Waals surface area contributed by atoms with Crippen LogP contribution in [0.3, 0.4) is 0 Å². The molecule has 2 rings (SSSR count). The van der Waals surface area contributed by atoms with E-state index < -0.39 is 0 Å². The molecule has 1 aromatic rings. The van der Waals surface area contributed by atoms with Crippen LogP contribution >= 0.6 is 24.8 Å². The quantitative estimate of drug-likeness (QED) is 0.414. The fourth-order valence-corrected chi connectivity index (χ4v) is 2.02. The summed E-state index contributed by atoms with van der Waals surface area (Å²) < 4.78 is 0. The number of halogens is 2. The summed E-state index contributed by atoms with van der Waals surface area (Å²) in [6.45, 7) is 7.02. The first-order chi connectivity index (χ1) is 9.20. The van der Waals surface area contributed by atoms with Gasteiger partial charge in [-0.05, 0) is 6.42 Å². The second kappa shape index (κ2) is 15.7. The Labute approximate surface area is 163 Å². The molecule has 22 heavy (non-hydrogen) atoms. The normalized spacial score (nSPS) is 11.0. The zero-order valence-electron chi connectivity index (χ0n) is 13.7. The van der Waals surface area contributed by atoms with E-state index in [0.29, 0.717) is 6.54 Å². The minimum Gasteiger partial charge on any atom is -0.677 e. The summed E-state index contributed by atoms with van der Waals surface area (Å²) >= 11 is 0.